The number of benzene rings is 1. The van der Waals surface area contributed by atoms with Crippen LogP contribution in [0.25, 0.3) is 0 Å². The highest BCUT2D eigenvalue weighted by atomic mass is 79.9. The van der Waals surface area contributed by atoms with Gasteiger partial charge in [0.2, 0.25) is 0 Å². The van der Waals surface area contributed by atoms with Gasteiger partial charge in [-0.1, -0.05) is 29.8 Å². The van der Waals surface area contributed by atoms with E-state index < -0.39 is 0 Å². The van der Waals surface area contributed by atoms with Crippen molar-refractivity contribution in [3.05, 3.63) is 34.1 Å². The van der Waals surface area contributed by atoms with E-state index in [1.165, 1.54) is 18.9 Å². The van der Waals surface area contributed by atoms with Crippen LogP contribution in [0.3, 0.4) is 0 Å². The van der Waals surface area contributed by atoms with Gasteiger partial charge in [0, 0.05) is 16.1 Å². The fourth-order valence-electron chi connectivity index (χ4n) is 3.19. The van der Waals surface area contributed by atoms with Gasteiger partial charge in [-0.3, -0.25) is 0 Å². The molecule has 19 heavy (non-hydrogen) atoms. The molecule has 0 amide bonds. The quantitative estimate of drug-likeness (QED) is 0.825. The Morgan fingerprint density at radius 3 is 2.32 bits per heavy atom. The lowest BCUT2D eigenvalue weighted by molar-refractivity contribution is 0.202. The fourth-order valence-corrected chi connectivity index (χ4v) is 3.57. The third-order valence-electron chi connectivity index (χ3n) is 4.58. The Balaban J connectivity index is 2.05. The molecule has 0 spiro atoms. The Morgan fingerprint density at radius 1 is 1.16 bits per heavy atom. The summed E-state index contributed by atoms with van der Waals surface area (Å²) in [6.07, 6.45) is 4.70. The number of nitrogens with two attached hydrogens (primary N) is 1. The Morgan fingerprint density at radius 2 is 1.74 bits per heavy atom. The van der Waals surface area contributed by atoms with Crippen molar-refractivity contribution in [1.82, 2.24) is 0 Å². The van der Waals surface area contributed by atoms with Gasteiger partial charge in [-0.2, -0.15) is 0 Å². The third-order valence-corrected chi connectivity index (χ3v) is 5.08. The molecule has 0 aliphatic heterocycles. The molecule has 1 nitrogen and oxygen atoms in total. The van der Waals surface area contributed by atoms with Crippen molar-refractivity contribution in [2.75, 3.05) is 0 Å². The Labute approximate surface area is 123 Å². The molecule has 106 valence electrons. The van der Waals surface area contributed by atoms with Gasteiger partial charge in [0.15, 0.2) is 0 Å². The normalized spacial score (nSPS) is 25.6. The first-order chi connectivity index (χ1) is 8.99. The largest absolute Gasteiger partial charge is 0.324 e. The van der Waals surface area contributed by atoms with Gasteiger partial charge < -0.3 is 5.73 Å². The predicted molar refractivity (Wildman–Crippen MR) is 81.3 cm³/mol. The summed E-state index contributed by atoms with van der Waals surface area (Å²) < 4.78 is 14.8. The van der Waals surface area contributed by atoms with Crippen molar-refractivity contribution < 1.29 is 4.39 Å². The minimum atomic E-state index is -0.179. The summed E-state index contributed by atoms with van der Waals surface area (Å²) in [6, 6.07) is 4.88. The van der Waals surface area contributed by atoms with Gasteiger partial charge in [-0.05, 0) is 61.6 Å². The van der Waals surface area contributed by atoms with E-state index in [1.807, 2.05) is 6.07 Å². The summed E-state index contributed by atoms with van der Waals surface area (Å²) in [5, 5.41) is 0. The topological polar surface area (TPSA) is 26.0 Å². The smallest absolute Gasteiger partial charge is 0.128 e. The van der Waals surface area contributed by atoms with Gasteiger partial charge >= 0.3 is 0 Å². The van der Waals surface area contributed by atoms with E-state index in [9.17, 15) is 4.39 Å². The lowest BCUT2D eigenvalue weighted by atomic mass is 9.73. The van der Waals surface area contributed by atoms with Crippen molar-refractivity contribution in [2.24, 2.45) is 23.5 Å². The van der Waals surface area contributed by atoms with E-state index in [4.69, 9.17) is 5.73 Å². The first-order valence-corrected chi connectivity index (χ1v) is 7.99. The zero-order valence-electron chi connectivity index (χ0n) is 11.7. The second-order valence-corrected chi connectivity index (χ2v) is 7.03. The van der Waals surface area contributed by atoms with Gasteiger partial charge in [0.05, 0.1) is 0 Å². The predicted octanol–water partition coefficient (Wildman–Crippen LogP) is 5.05. The molecule has 3 heteroatoms. The maximum absolute atomic E-state index is 13.9. The average molecular weight is 328 g/mol. The number of hydrogen-bond acceptors (Lipinski definition) is 1. The van der Waals surface area contributed by atoms with Gasteiger partial charge in [-0.15, -0.1) is 0 Å². The van der Waals surface area contributed by atoms with E-state index >= 15 is 0 Å². The molecule has 1 aliphatic carbocycles. The van der Waals surface area contributed by atoms with E-state index in [0.717, 1.165) is 29.2 Å². The fraction of sp³-hybridized carbons (Fsp3) is 0.625. The number of rotatable bonds is 3. The second kappa shape index (κ2) is 6.36. The van der Waals surface area contributed by atoms with Crippen molar-refractivity contribution in [3.63, 3.8) is 0 Å². The Bertz CT molecular complexity index is 425. The molecule has 1 atom stereocenters. The van der Waals surface area contributed by atoms with Crippen molar-refractivity contribution in [3.8, 4) is 0 Å². The molecule has 0 saturated heterocycles. The number of halogens is 2. The Hall–Kier alpha value is -0.410. The maximum atomic E-state index is 13.9. The van der Waals surface area contributed by atoms with Crippen molar-refractivity contribution >= 4 is 15.9 Å². The molecule has 2 rings (SSSR count). The molecular formula is C16H23BrFN. The highest BCUT2D eigenvalue weighted by Gasteiger charge is 2.28. The molecule has 0 heterocycles. The monoisotopic (exact) mass is 327 g/mol. The summed E-state index contributed by atoms with van der Waals surface area (Å²) >= 11 is 3.40. The van der Waals surface area contributed by atoms with Crippen molar-refractivity contribution in [1.29, 1.82) is 0 Å². The van der Waals surface area contributed by atoms with Gasteiger partial charge in [0.25, 0.3) is 0 Å². The highest BCUT2D eigenvalue weighted by Crippen LogP contribution is 2.39. The molecule has 0 radical (unpaired) electrons. The summed E-state index contributed by atoms with van der Waals surface area (Å²) in [5.74, 6) is 1.80. The lowest BCUT2D eigenvalue weighted by Gasteiger charge is -2.34. The average Bonchev–Trinajstić information content (AvgIpc) is 2.41. The summed E-state index contributed by atoms with van der Waals surface area (Å²) in [4.78, 5) is 0. The molecule has 1 aromatic carbocycles. The molecule has 0 bridgehead atoms. The molecule has 0 aromatic heterocycles. The van der Waals surface area contributed by atoms with E-state index in [0.29, 0.717) is 11.5 Å². The third kappa shape index (κ3) is 3.57. The Kier molecular flexibility index (Phi) is 5.02. The molecule has 2 N–H and O–H groups in total. The first kappa shape index (κ1) is 15.0. The number of hydrogen-bond donors (Lipinski definition) is 1. The standard InChI is InChI=1S/C16H23BrFN/c1-10(2)11-3-5-12(6-4-11)16(19)14-9-13(17)7-8-15(14)18/h7-12,16H,3-6,19H2,1-2H3. The van der Waals surface area contributed by atoms with Crippen LogP contribution in [0.1, 0.15) is 51.1 Å². The lowest BCUT2D eigenvalue weighted by Crippen LogP contribution is -2.28. The molecule has 1 saturated carbocycles. The minimum Gasteiger partial charge on any atom is -0.324 e. The van der Waals surface area contributed by atoms with Gasteiger partial charge in [0.1, 0.15) is 5.82 Å². The molecule has 1 aromatic rings. The molecule has 1 unspecified atom stereocenters. The summed E-state index contributed by atoms with van der Waals surface area (Å²) in [5.41, 5.74) is 6.96. The molecule has 1 fully saturated rings. The van der Waals surface area contributed by atoms with Crippen LogP contribution in [0, 0.1) is 23.6 Å². The zero-order valence-corrected chi connectivity index (χ0v) is 13.3. The van der Waals surface area contributed by atoms with E-state index in [2.05, 4.69) is 29.8 Å². The summed E-state index contributed by atoms with van der Waals surface area (Å²) in [6.45, 7) is 4.58. The highest BCUT2D eigenvalue weighted by molar-refractivity contribution is 9.10. The van der Waals surface area contributed by atoms with Gasteiger partial charge in [-0.25, -0.2) is 4.39 Å². The van der Waals surface area contributed by atoms with Crippen LogP contribution < -0.4 is 5.73 Å². The van der Waals surface area contributed by atoms with Crippen LogP contribution >= 0.6 is 15.9 Å². The van der Waals surface area contributed by atoms with Crippen LogP contribution in [0.5, 0.6) is 0 Å². The second-order valence-electron chi connectivity index (χ2n) is 6.11. The first-order valence-electron chi connectivity index (χ1n) is 7.19. The van der Waals surface area contributed by atoms with Crippen LogP contribution in [0.4, 0.5) is 4.39 Å². The van der Waals surface area contributed by atoms with Crippen LogP contribution in [0.15, 0.2) is 22.7 Å². The summed E-state index contributed by atoms with van der Waals surface area (Å²) in [7, 11) is 0. The van der Waals surface area contributed by atoms with E-state index in [-0.39, 0.29) is 11.9 Å². The van der Waals surface area contributed by atoms with Crippen LogP contribution in [-0.4, -0.2) is 0 Å². The van der Waals surface area contributed by atoms with Crippen LogP contribution in [0.2, 0.25) is 0 Å². The SMILES string of the molecule is CC(C)C1CCC(C(N)c2cc(Br)ccc2F)CC1. The van der Waals surface area contributed by atoms with E-state index in [1.54, 1.807) is 6.07 Å². The zero-order chi connectivity index (χ0) is 14.0. The van der Waals surface area contributed by atoms with Crippen LogP contribution in [-0.2, 0) is 0 Å². The van der Waals surface area contributed by atoms with Crippen molar-refractivity contribution in [2.45, 2.75) is 45.6 Å². The minimum absolute atomic E-state index is 0.175. The molecule has 1 aliphatic rings. The maximum Gasteiger partial charge on any atom is 0.128 e. The molecular weight excluding hydrogens is 305 g/mol.